The molecule has 1 unspecified atom stereocenters. The molecule has 1 aromatic heterocycles. The number of carbonyl (C=O) groups is 1. The van der Waals surface area contributed by atoms with Gasteiger partial charge in [0.15, 0.2) is 0 Å². The number of nitrogens with two attached hydrogens (primary N) is 1. The number of carboxylic acids is 1. The molecule has 1 saturated carbocycles. The number of aliphatic carboxylic acids is 1. The first kappa shape index (κ1) is 12.8. The maximum absolute atomic E-state index is 11.6. The summed E-state index contributed by atoms with van der Waals surface area (Å²) in [4.78, 5) is 15.7. The van der Waals surface area contributed by atoms with Crippen molar-refractivity contribution in [3.8, 4) is 5.88 Å². The second-order valence-corrected chi connectivity index (χ2v) is 4.79. The fourth-order valence-corrected chi connectivity index (χ4v) is 2.44. The number of pyridine rings is 1. The Balaban J connectivity index is 2.31. The van der Waals surface area contributed by atoms with E-state index in [1.807, 2.05) is 6.07 Å². The molecular weight excluding hydrogens is 232 g/mol. The van der Waals surface area contributed by atoms with E-state index in [1.165, 1.54) is 7.11 Å². The van der Waals surface area contributed by atoms with Crippen LogP contribution in [0.2, 0.25) is 0 Å². The molecule has 0 bridgehead atoms. The van der Waals surface area contributed by atoms with Crippen LogP contribution in [-0.4, -0.2) is 29.7 Å². The Morgan fingerprint density at radius 2 is 2.39 bits per heavy atom. The monoisotopic (exact) mass is 250 g/mol. The highest BCUT2D eigenvalue weighted by atomic mass is 16.5. The quantitative estimate of drug-likeness (QED) is 0.788. The standard InChI is InChI=1S/C13H18N2O3/c1-18-11-9(3-2-6-15-11)7-13(8-14,12(16)17)10-4-5-10/h2-3,6,10H,4-5,7-8,14H2,1H3,(H,16,17). The van der Waals surface area contributed by atoms with Gasteiger partial charge < -0.3 is 15.6 Å². The van der Waals surface area contributed by atoms with Gasteiger partial charge in [0.1, 0.15) is 0 Å². The Labute approximate surface area is 106 Å². The molecule has 3 N–H and O–H groups in total. The largest absolute Gasteiger partial charge is 0.481 e. The zero-order valence-electron chi connectivity index (χ0n) is 10.4. The Hall–Kier alpha value is -1.62. The zero-order chi connectivity index (χ0) is 13.2. The number of methoxy groups -OCH3 is 1. The summed E-state index contributed by atoms with van der Waals surface area (Å²) in [7, 11) is 1.54. The van der Waals surface area contributed by atoms with Crippen molar-refractivity contribution < 1.29 is 14.6 Å². The minimum absolute atomic E-state index is 0.144. The van der Waals surface area contributed by atoms with E-state index in [2.05, 4.69) is 4.98 Å². The molecule has 18 heavy (non-hydrogen) atoms. The molecule has 0 spiro atoms. The van der Waals surface area contributed by atoms with E-state index >= 15 is 0 Å². The second-order valence-electron chi connectivity index (χ2n) is 4.79. The maximum atomic E-state index is 11.6. The number of rotatable bonds is 6. The Bertz CT molecular complexity index is 446. The van der Waals surface area contributed by atoms with Gasteiger partial charge in [-0.2, -0.15) is 0 Å². The third-order valence-electron chi connectivity index (χ3n) is 3.70. The molecule has 0 aromatic carbocycles. The minimum atomic E-state index is -0.879. The maximum Gasteiger partial charge on any atom is 0.311 e. The van der Waals surface area contributed by atoms with Crippen molar-refractivity contribution in [2.24, 2.45) is 17.1 Å². The molecule has 2 rings (SSSR count). The molecule has 1 aliphatic carbocycles. The van der Waals surface area contributed by atoms with Crippen molar-refractivity contribution in [3.63, 3.8) is 0 Å². The van der Waals surface area contributed by atoms with Gasteiger partial charge in [-0.15, -0.1) is 0 Å². The SMILES string of the molecule is COc1ncccc1CC(CN)(C(=O)O)C1CC1. The lowest BCUT2D eigenvalue weighted by atomic mass is 9.77. The summed E-state index contributed by atoms with van der Waals surface area (Å²) in [5.41, 5.74) is 5.67. The molecule has 98 valence electrons. The highest BCUT2D eigenvalue weighted by molar-refractivity contribution is 5.76. The average molecular weight is 250 g/mol. The molecular formula is C13H18N2O3. The smallest absolute Gasteiger partial charge is 0.311 e. The van der Waals surface area contributed by atoms with Crippen LogP contribution in [-0.2, 0) is 11.2 Å². The second kappa shape index (κ2) is 4.94. The molecule has 0 amide bonds. The van der Waals surface area contributed by atoms with Crippen molar-refractivity contribution in [2.75, 3.05) is 13.7 Å². The van der Waals surface area contributed by atoms with Crippen LogP contribution in [0.25, 0.3) is 0 Å². The van der Waals surface area contributed by atoms with Crippen LogP contribution in [0.5, 0.6) is 5.88 Å². The summed E-state index contributed by atoms with van der Waals surface area (Å²) in [6.45, 7) is 0.144. The molecule has 0 saturated heterocycles. The fourth-order valence-electron chi connectivity index (χ4n) is 2.44. The molecule has 1 fully saturated rings. The molecule has 1 aromatic rings. The number of nitrogens with zero attached hydrogens (tertiary/aromatic N) is 1. The molecule has 0 aliphatic heterocycles. The topological polar surface area (TPSA) is 85.4 Å². The third kappa shape index (κ3) is 2.18. The van der Waals surface area contributed by atoms with Crippen LogP contribution in [0, 0.1) is 11.3 Å². The summed E-state index contributed by atoms with van der Waals surface area (Å²) in [6.07, 6.45) is 3.88. The van der Waals surface area contributed by atoms with Crippen LogP contribution < -0.4 is 10.5 Å². The average Bonchev–Trinajstić information content (AvgIpc) is 3.20. The van der Waals surface area contributed by atoms with Crippen LogP contribution in [0.15, 0.2) is 18.3 Å². The van der Waals surface area contributed by atoms with E-state index < -0.39 is 11.4 Å². The van der Waals surface area contributed by atoms with Crippen molar-refractivity contribution in [1.82, 2.24) is 4.98 Å². The Morgan fingerprint density at radius 1 is 1.67 bits per heavy atom. The summed E-state index contributed by atoms with van der Waals surface area (Å²) >= 11 is 0. The third-order valence-corrected chi connectivity index (χ3v) is 3.70. The molecule has 0 radical (unpaired) electrons. The van der Waals surface area contributed by atoms with E-state index in [-0.39, 0.29) is 12.5 Å². The first-order valence-corrected chi connectivity index (χ1v) is 6.05. The van der Waals surface area contributed by atoms with Crippen molar-refractivity contribution in [2.45, 2.75) is 19.3 Å². The minimum Gasteiger partial charge on any atom is -0.481 e. The van der Waals surface area contributed by atoms with Crippen LogP contribution >= 0.6 is 0 Å². The molecule has 5 nitrogen and oxygen atoms in total. The molecule has 5 heteroatoms. The lowest BCUT2D eigenvalue weighted by Crippen LogP contribution is -2.42. The van der Waals surface area contributed by atoms with Crippen molar-refractivity contribution >= 4 is 5.97 Å². The molecule has 1 aliphatic rings. The van der Waals surface area contributed by atoms with Crippen LogP contribution in [0.3, 0.4) is 0 Å². The van der Waals surface area contributed by atoms with Gasteiger partial charge in [0.05, 0.1) is 12.5 Å². The van der Waals surface area contributed by atoms with Gasteiger partial charge in [-0.25, -0.2) is 4.98 Å². The first-order valence-electron chi connectivity index (χ1n) is 6.05. The summed E-state index contributed by atoms with van der Waals surface area (Å²) in [5.74, 6) is -0.166. The summed E-state index contributed by atoms with van der Waals surface area (Å²) < 4.78 is 5.17. The van der Waals surface area contributed by atoms with Crippen LogP contribution in [0.1, 0.15) is 18.4 Å². The van der Waals surface area contributed by atoms with Gasteiger partial charge in [-0.1, -0.05) is 6.07 Å². The van der Waals surface area contributed by atoms with E-state index in [9.17, 15) is 9.90 Å². The van der Waals surface area contributed by atoms with Gasteiger partial charge >= 0.3 is 5.97 Å². The number of hydrogen-bond acceptors (Lipinski definition) is 4. The predicted molar refractivity (Wildman–Crippen MR) is 66.3 cm³/mol. The number of aromatic nitrogens is 1. The normalized spacial score (nSPS) is 18.1. The van der Waals surface area contributed by atoms with Gasteiger partial charge in [-0.3, -0.25) is 4.79 Å². The predicted octanol–water partition coefficient (Wildman–Crippen LogP) is 1.07. The fraction of sp³-hybridized carbons (Fsp3) is 0.538. The Kier molecular flexibility index (Phi) is 3.52. The number of ether oxygens (including phenoxy) is 1. The molecule has 1 atom stereocenters. The zero-order valence-corrected chi connectivity index (χ0v) is 10.4. The first-order chi connectivity index (χ1) is 8.64. The highest BCUT2D eigenvalue weighted by Crippen LogP contribution is 2.47. The number of hydrogen-bond donors (Lipinski definition) is 2. The van der Waals surface area contributed by atoms with Crippen LogP contribution in [0.4, 0.5) is 0 Å². The van der Waals surface area contributed by atoms with E-state index in [0.29, 0.717) is 12.3 Å². The Morgan fingerprint density at radius 3 is 2.89 bits per heavy atom. The highest BCUT2D eigenvalue weighted by Gasteiger charge is 2.50. The number of carboxylic acid groups (broad SMARTS) is 1. The van der Waals surface area contributed by atoms with Gasteiger partial charge in [0.2, 0.25) is 5.88 Å². The van der Waals surface area contributed by atoms with Gasteiger partial charge in [0.25, 0.3) is 0 Å². The van der Waals surface area contributed by atoms with Gasteiger partial charge in [-0.05, 0) is 31.2 Å². The van der Waals surface area contributed by atoms with Crippen molar-refractivity contribution in [1.29, 1.82) is 0 Å². The summed E-state index contributed by atoms with van der Waals surface area (Å²) in [5, 5.41) is 9.52. The lowest BCUT2D eigenvalue weighted by Gasteiger charge is -2.28. The van der Waals surface area contributed by atoms with Crippen molar-refractivity contribution in [3.05, 3.63) is 23.9 Å². The lowest BCUT2D eigenvalue weighted by molar-refractivity contribution is -0.149. The van der Waals surface area contributed by atoms with E-state index in [1.54, 1.807) is 12.3 Å². The van der Waals surface area contributed by atoms with E-state index in [0.717, 1.165) is 18.4 Å². The van der Waals surface area contributed by atoms with E-state index in [4.69, 9.17) is 10.5 Å². The van der Waals surface area contributed by atoms with Gasteiger partial charge in [0, 0.05) is 18.3 Å². The molecule has 1 heterocycles. The summed E-state index contributed by atoms with van der Waals surface area (Å²) in [6, 6.07) is 3.63.